The lowest BCUT2D eigenvalue weighted by molar-refractivity contribution is -0.121. The summed E-state index contributed by atoms with van der Waals surface area (Å²) in [7, 11) is 1.71. The summed E-state index contributed by atoms with van der Waals surface area (Å²) in [5, 5.41) is 9.21. The Morgan fingerprint density at radius 3 is 2.48 bits per heavy atom. The molecule has 2 rings (SSSR count). The van der Waals surface area contributed by atoms with Gasteiger partial charge in [-0.1, -0.05) is 30.3 Å². The summed E-state index contributed by atoms with van der Waals surface area (Å²) >= 11 is 0. The molecule has 0 aliphatic carbocycles. The van der Waals surface area contributed by atoms with Crippen molar-refractivity contribution in [3.8, 4) is 0 Å². The first kappa shape index (κ1) is 21.0. The highest BCUT2D eigenvalue weighted by atomic mass is 127. The van der Waals surface area contributed by atoms with E-state index >= 15 is 0 Å². The van der Waals surface area contributed by atoms with Gasteiger partial charge in [-0.2, -0.15) is 0 Å². The molecule has 0 bridgehead atoms. The van der Waals surface area contributed by atoms with Gasteiger partial charge in [0.2, 0.25) is 5.91 Å². The lowest BCUT2D eigenvalue weighted by Gasteiger charge is -2.11. The summed E-state index contributed by atoms with van der Waals surface area (Å²) < 4.78 is 5.27. The van der Waals surface area contributed by atoms with Gasteiger partial charge >= 0.3 is 0 Å². The highest BCUT2D eigenvalue weighted by Gasteiger charge is 2.03. The molecule has 3 N–H and O–H groups in total. The summed E-state index contributed by atoms with van der Waals surface area (Å²) in [5.74, 6) is 1.62. The number of nitrogens with one attached hydrogen (secondary N) is 3. The average molecular weight is 456 g/mol. The van der Waals surface area contributed by atoms with Crippen LogP contribution in [0.25, 0.3) is 0 Å². The number of furan rings is 1. The minimum Gasteiger partial charge on any atom is -0.469 e. The van der Waals surface area contributed by atoms with Crippen LogP contribution in [0.3, 0.4) is 0 Å². The highest BCUT2D eigenvalue weighted by Crippen LogP contribution is 1.99. The van der Waals surface area contributed by atoms with Crippen LogP contribution in [0.4, 0.5) is 0 Å². The van der Waals surface area contributed by atoms with E-state index in [0.717, 1.165) is 17.7 Å². The highest BCUT2D eigenvalue weighted by molar-refractivity contribution is 14.0. The van der Waals surface area contributed by atoms with E-state index in [0.29, 0.717) is 32.0 Å². The van der Waals surface area contributed by atoms with Crippen molar-refractivity contribution >= 4 is 35.8 Å². The van der Waals surface area contributed by atoms with E-state index in [1.54, 1.807) is 13.3 Å². The molecule has 0 radical (unpaired) electrons. The number of amides is 1. The molecule has 0 spiro atoms. The van der Waals surface area contributed by atoms with Crippen molar-refractivity contribution in [3.05, 3.63) is 60.1 Å². The minimum atomic E-state index is 0. The zero-order chi connectivity index (χ0) is 17.0. The summed E-state index contributed by atoms with van der Waals surface area (Å²) in [5.41, 5.74) is 1.09. The fourth-order valence-corrected chi connectivity index (χ4v) is 2.16. The lowest BCUT2D eigenvalue weighted by atomic mass is 10.2. The molecule has 136 valence electrons. The molecule has 0 atom stereocenters. The molecule has 7 heteroatoms. The zero-order valence-corrected chi connectivity index (χ0v) is 16.7. The third-order valence-corrected chi connectivity index (χ3v) is 3.44. The van der Waals surface area contributed by atoms with E-state index in [1.807, 2.05) is 42.5 Å². The second-order valence-electron chi connectivity index (χ2n) is 5.27. The zero-order valence-electron chi connectivity index (χ0n) is 14.3. The number of hydrogen-bond acceptors (Lipinski definition) is 3. The van der Waals surface area contributed by atoms with E-state index < -0.39 is 0 Å². The Bertz CT molecular complexity index is 630. The third-order valence-electron chi connectivity index (χ3n) is 3.44. The van der Waals surface area contributed by atoms with Gasteiger partial charge in [0.25, 0.3) is 0 Å². The number of guanidine groups is 1. The Balaban J connectivity index is 0.00000312. The molecular formula is C18H25IN4O2. The van der Waals surface area contributed by atoms with Gasteiger partial charge < -0.3 is 20.4 Å². The van der Waals surface area contributed by atoms with Crippen LogP contribution in [0.1, 0.15) is 17.7 Å². The quantitative estimate of drug-likeness (QED) is 0.324. The molecule has 0 fully saturated rings. The largest absolute Gasteiger partial charge is 0.469 e. The molecule has 1 amide bonds. The van der Waals surface area contributed by atoms with Crippen LogP contribution >= 0.6 is 24.0 Å². The van der Waals surface area contributed by atoms with Crippen LogP contribution in [-0.4, -0.2) is 32.0 Å². The van der Waals surface area contributed by atoms with Gasteiger partial charge in [-0.15, -0.1) is 24.0 Å². The van der Waals surface area contributed by atoms with E-state index in [1.165, 1.54) is 0 Å². The van der Waals surface area contributed by atoms with Gasteiger partial charge in [0.05, 0.1) is 6.26 Å². The Kier molecular flexibility index (Phi) is 10.4. The number of carbonyl (C=O) groups is 1. The Labute approximate surface area is 165 Å². The van der Waals surface area contributed by atoms with E-state index in [-0.39, 0.29) is 29.9 Å². The average Bonchev–Trinajstić information content (AvgIpc) is 3.13. The normalized spacial score (nSPS) is 10.7. The Morgan fingerprint density at radius 2 is 1.80 bits per heavy atom. The first-order valence-electron chi connectivity index (χ1n) is 8.05. The predicted molar refractivity (Wildman–Crippen MR) is 110 cm³/mol. The van der Waals surface area contributed by atoms with E-state index in [4.69, 9.17) is 4.42 Å². The van der Waals surface area contributed by atoms with Gasteiger partial charge in [0, 0.05) is 39.5 Å². The number of nitrogens with zero attached hydrogens (tertiary/aromatic N) is 1. The monoisotopic (exact) mass is 456 g/mol. The molecule has 25 heavy (non-hydrogen) atoms. The molecular weight excluding hydrogens is 431 g/mol. The van der Waals surface area contributed by atoms with Gasteiger partial charge in [0.15, 0.2) is 5.96 Å². The summed E-state index contributed by atoms with van der Waals surface area (Å²) in [4.78, 5) is 16.0. The maximum absolute atomic E-state index is 11.8. The van der Waals surface area contributed by atoms with Crippen molar-refractivity contribution in [1.82, 2.24) is 16.0 Å². The maximum atomic E-state index is 11.8. The van der Waals surface area contributed by atoms with Crippen molar-refractivity contribution in [2.24, 2.45) is 4.99 Å². The first-order valence-corrected chi connectivity index (χ1v) is 8.05. The number of benzene rings is 1. The number of hydrogen-bond donors (Lipinski definition) is 3. The van der Waals surface area contributed by atoms with Gasteiger partial charge in [0.1, 0.15) is 5.76 Å². The summed E-state index contributed by atoms with van der Waals surface area (Å²) in [6.07, 6.45) is 2.84. The standard InChI is InChI=1S/C18H24N4O2.HI/c1-19-18(20-11-9-16-8-5-13-24-16)21-12-10-17(23)22-14-15-6-3-2-4-7-15;/h2-8,13H,9-12,14H2,1H3,(H,22,23)(H2,19,20,21);1H. The van der Waals surface area contributed by atoms with Crippen LogP contribution in [0, 0.1) is 0 Å². The minimum absolute atomic E-state index is 0. The van der Waals surface area contributed by atoms with Crippen molar-refractivity contribution in [1.29, 1.82) is 0 Å². The molecule has 1 aromatic heterocycles. The van der Waals surface area contributed by atoms with E-state index in [2.05, 4.69) is 20.9 Å². The maximum Gasteiger partial charge on any atom is 0.222 e. The molecule has 1 heterocycles. The molecule has 0 aliphatic heterocycles. The fraction of sp³-hybridized carbons (Fsp3) is 0.333. The second kappa shape index (κ2) is 12.3. The van der Waals surface area contributed by atoms with Crippen molar-refractivity contribution in [2.45, 2.75) is 19.4 Å². The van der Waals surface area contributed by atoms with Gasteiger partial charge in [-0.25, -0.2) is 0 Å². The van der Waals surface area contributed by atoms with Gasteiger partial charge in [-0.3, -0.25) is 9.79 Å². The second-order valence-corrected chi connectivity index (χ2v) is 5.27. The predicted octanol–water partition coefficient (Wildman–Crippen LogP) is 2.31. The molecule has 0 saturated carbocycles. The molecule has 0 saturated heterocycles. The number of halogens is 1. The van der Waals surface area contributed by atoms with Crippen LogP contribution < -0.4 is 16.0 Å². The topological polar surface area (TPSA) is 78.7 Å². The first-order chi connectivity index (χ1) is 11.8. The summed E-state index contributed by atoms with van der Waals surface area (Å²) in [6, 6.07) is 13.7. The number of aliphatic imine (C=N–C) groups is 1. The smallest absolute Gasteiger partial charge is 0.222 e. The van der Waals surface area contributed by atoms with Crippen molar-refractivity contribution in [2.75, 3.05) is 20.1 Å². The van der Waals surface area contributed by atoms with Crippen molar-refractivity contribution < 1.29 is 9.21 Å². The molecule has 2 aromatic rings. The summed E-state index contributed by atoms with van der Waals surface area (Å²) in [6.45, 7) is 1.80. The Morgan fingerprint density at radius 1 is 1.04 bits per heavy atom. The molecule has 6 nitrogen and oxygen atoms in total. The SMILES string of the molecule is CN=C(NCCC(=O)NCc1ccccc1)NCCc1ccco1.I. The van der Waals surface area contributed by atoms with Crippen LogP contribution in [0.5, 0.6) is 0 Å². The van der Waals surface area contributed by atoms with Crippen LogP contribution in [0.15, 0.2) is 58.1 Å². The number of rotatable bonds is 8. The Hall–Kier alpha value is -2.03. The molecule has 0 aliphatic rings. The van der Waals surface area contributed by atoms with Crippen LogP contribution in [0.2, 0.25) is 0 Å². The fourth-order valence-electron chi connectivity index (χ4n) is 2.16. The van der Waals surface area contributed by atoms with Crippen LogP contribution in [-0.2, 0) is 17.8 Å². The van der Waals surface area contributed by atoms with E-state index in [9.17, 15) is 4.79 Å². The van der Waals surface area contributed by atoms with Crippen molar-refractivity contribution in [3.63, 3.8) is 0 Å². The molecule has 1 aromatic carbocycles. The van der Waals surface area contributed by atoms with Gasteiger partial charge in [-0.05, 0) is 17.7 Å². The third kappa shape index (κ3) is 8.57. The number of carbonyl (C=O) groups excluding carboxylic acids is 1. The molecule has 0 unspecified atom stereocenters. The lowest BCUT2D eigenvalue weighted by Crippen LogP contribution is -2.40.